The largest absolute Gasteiger partial charge is 0.481 e. The minimum absolute atomic E-state index is 0.0261. The number of pyridine rings is 1. The molecule has 0 saturated heterocycles. The highest BCUT2D eigenvalue weighted by molar-refractivity contribution is 7.91. The molecule has 6 aliphatic carbocycles. The van der Waals surface area contributed by atoms with Gasteiger partial charge in [-0.1, -0.05) is 65.3 Å². The highest BCUT2D eigenvalue weighted by Crippen LogP contribution is 2.72. The number of fused-ring (bicyclic) bond motifs is 5. The van der Waals surface area contributed by atoms with E-state index < -0.39 is 26.8 Å². The van der Waals surface area contributed by atoms with Gasteiger partial charge in [-0.25, -0.2) is 13.4 Å². The van der Waals surface area contributed by atoms with E-state index in [1.165, 1.54) is 67.9 Å². The van der Waals surface area contributed by atoms with Gasteiger partial charge in [0.2, 0.25) is 5.88 Å². The molecule has 9 nitrogen and oxygen atoms in total. The zero-order valence-electron chi connectivity index (χ0n) is 39.7. The SMILES string of the molecule is C=C(C)[C@@H]1CC[C@]2(NCCC3(O)CCC(S(C)(=O)=O)CC3)CC[C@]3(C)[C@H](CC[C@@H]4C[C@H](C(C)(C)/C(=C\CCC)C5=CC[C@@](COc6ncccc6C#N)(C(=O)O)CC5)CC[C@]43C)[C@@H]12. The van der Waals surface area contributed by atoms with E-state index >= 15 is 0 Å². The third kappa shape index (κ3) is 8.87. The summed E-state index contributed by atoms with van der Waals surface area (Å²) in [5.74, 6) is 2.13. The minimum Gasteiger partial charge on any atom is -0.481 e. The first-order valence-electron chi connectivity index (χ1n) is 24.6. The van der Waals surface area contributed by atoms with E-state index in [4.69, 9.17) is 4.74 Å². The van der Waals surface area contributed by atoms with E-state index in [-0.39, 0.29) is 39.5 Å². The van der Waals surface area contributed by atoms with Crippen LogP contribution in [0.3, 0.4) is 0 Å². The summed E-state index contributed by atoms with van der Waals surface area (Å²) < 4.78 is 30.4. The summed E-state index contributed by atoms with van der Waals surface area (Å²) in [4.78, 5) is 17.1. The normalized spacial score (nSPS) is 38.3. The maximum absolute atomic E-state index is 12.9. The number of carboxylic acid groups (broad SMARTS) is 1. The molecule has 0 aliphatic heterocycles. The van der Waals surface area contributed by atoms with Crippen molar-refractivity contribution in [2.45, 2.75) is 180 Å². The molecule has 5 fully saturated rings. The zero-order valence-corrected chi connectivity index (χ0v) is 40.6. The molecule has 0 amide bonds. The molecule has 9 atom stereocenters. The molecule has 348 valence electrons. The van der Waals surface area contributed by atoms with E-state index in [0.29, 0.717) is 86.5 Å². The van der Waals surface area contributed by atoms with Crippen molar-refractivity contribution >= 4 is 15.8 Å². The second kappa shape index (κ2) is 18.0. The van der Waals surface area contributed by atoms with Crippen LogP contribution < -0.4 is 10.1 Å². The number of sulfone groups is 1. The lowest BCUT2D eigenvalue weighted by Gasteiger charge is -2.68. The Labute approximate surface area is 379 Å². The predicted octanol–water partition coefficient (Wildman–Crippen LogP) is 10.9. The smallest absolute Gasteiger partial charge is 0.313 e. The van der Waals surface area contributed by atoms with Crippen LogP contribution in [0.1, 0.15) is 169 Å². The number of nitrogens with zero attached hydrogens (tertiary/aromatic N) is 2. The van der Waals surface area contributed by atoms with Gasteiger partial charge in [-0.05, 0) is 198 Å². The van der Waals surface area contributed by atoms with E-state index in [9.17, 15) is 28.7 Å². The van der Waals surface area contributed by atoms with Crippen molar-refractivity contribution in [2.24, 2.45) is 51.2 Å². The number of allylic oxidation sites excluding steroid dienone is 5. The molecule has 1 aromatic rings. The Morgan fingerprint density at radius 2 is 1.81 bits per heavy atom. The summed E-state index contributed by atoms with van der Waals surface area (Å²) in [5.41, 5.74) is 2.90. The van der Waals surface area contributed by atoms with Gasteiger partial charge in [0, 0.05) is 18.0 Å². The summed E-state index contributed by atoms with van der Waals surface area (Å²) in [6.45, 7) is 20.1. The molecule has 10 heteroatoms. The van der Waals surface area contributed by atoms with Crippen molar-refractivity contribution in [1.82, 2.24) is 10.3 Å². The van der Waals surface area contributed by atoms with Crippen LogP contribution in [0, 0.1) is 62.6 Å². The number of nitrogens with one attached hydrogen (secondary N) is 1. The first-order valence-corrected chi connectivity index (χ1v) is 26.6. The number of ether oxygens (including phenoxy) is 1. The maximum Gasteiger partial charge on any atom is 0.313 e. The van der Waals surface area contributed by atoms with Crippen LogP contribution in [-0.2, 0) is 14.6 Å². The summed E-state index contributed by atoms with van der Waals surface area (Å²) in [6.07, 6.45) is 24.9. The molecule has 3 N–H and O–H groups in total. The second-order valence-electron chi connectivity index (χ2n) is 22.7. The first-order chi connectivity index (χ1) is 29.7. The molecule has 1 aromatic heterocycles. The van der Waals surface area contributed by atoms with Gasteiger partial charge in [0.05, 0.1) is 10.9 Å². The number of hydrogen-bond donors (Lipinski definition) is 3. The van der Waals surface area contributed by atoms with Gasteiger partial charge >= 0.3 is 5.97 Å². The minimum atomic E-state index is -3.08. The molecule has 0 radical (unpaired) electrons. The molecule has 0 aromatic carbocycles. The van der Waals surface area contributed by atoms with Crippen molar-refractivity contribution in [3.63, 3.8) is 0 Å². The Balaban J connectivity index is 1.06. The van der Waals surface area contributed by atoms with Crippen molar-refractivity contribution in [1.29, 1.82) is 5.26 Å². The highest BCUT2D eigenvalue weighted by atomic mass is 32.2. The maximum atomic E-state index is 12.9. The fraction of sp³-hybridized carbons (Fsp3) is 0.755. The van der Waals surface area contributed by atoms with Crippen LogP contribution in [0.25, 0.3) is 0 Å². The van der Waals surface area contributed by atoms with Gasteiger partial charge in [-0.3, -0.25) is 4.79 Å². The average molecular weight is 886 g/mol. The monoisotopic (exact) mass is 886 g/mol. The van der Waals surface area contributed by atoms with Crippen LogP contribution in [0.5, 0.6) is 5.88 Å². The molecule has 6 aliphatic rings. The molecule has 63 heavy (non-hydrogen) atoms. The quantitative estimate of drug-likeness (QED) is 0.146. The summed E-state index contributed by atoms with van der Waals surface area (Å²) in [6, 6.07) is 5.43. The zero-order chi connectivity index (χ0) is 45.6. The molecular formula is C53H79N3O6S. The lowest BCUT2D eigenvalue weighted by Crippen LogP contribution is -2.65. The number of aliphatic carboxylic acids is 1. The lowest BCUT2D eigenvalue weighted by atomic mass is 9.38. The van der Waals surface area contributed by atoms with Crippen LogP contribution in [-0.4, -0.2) is 65.4 Å². The van der Waals surface area contributed by atoms with Crippen molar-refractivity contribution in [3.8, 4) is 11.9 Å². The highest BCUT2D eigenvalue weighted by Gasteiger charge is 2.67. The Morgan fingerprint density at radius 3 is 2.44 bits per heavy atom. The number of carboxylic acids is 1. The van der Waals surface area contributed by atoms with Gasteiger partial charge in [0.1, 0.15) is 33.5 Å². The molecule has 5 saturated carbocycles. The molecule has 1 heterocycles. The summed E-state index contributed by atoms with van der Waals surface area (Å²) in [7, 11) is -3.08. The standard InChI is InChI=1S/C53H79N3O6S/c1-9-10-13-43(37-16-23-51(24-17-37,47(57)58)35-62-46-38(34-54)12-11-31-55-46)48(4,5)39-18-22-49(6)40(33-39)14-15-44-45-42(36(2)3)21-27-53(45,29-28-50(44,49)7)56-32-30-52(59)25-19-41(20-26-52)63(8,60)61/h11-13,16,31,39-42,44-45,56,59H,2,9-10,14-15,17-30,32-33,35H2,1,3-8H3,(H,57,58)/b43-13-/t39-,40-,41?,42+,44-,45-,49-,50-,51-,52?,53+/m1/s1. The molecular weight excluding hydrogens is 807 g/mol. The Kier molecular flexibility index (Phi) is 13.7. The van der Waals surface area contributed by atoms with Crippen molar-refractivity contribution in [3.05, 3.63) is 59.3 Å². The van der Waals surface area contributed by atoms with Gasteiger partial charge < -0.3 is 20.3 Å². The van der Waals surface area contributed by atoms with E-state index in [1.807, 2.05) is 0 Å². The van der Waals surface area contributed by atoms with E-state index in [0.717, 1.165) is 32.2 Å². The van der Waals surface area contributed by atoms with Crippen LogP contribution in [0.4, 0.5) is 0 Å². The molecule has 7 rings (SSSR count). The van der Waals surface area contributed by atoms with Crippen LogP contribution >= 0.6 is 0 Å². The molecule has 0 bridgehead atoms. The third-order valence-electron chi connectivity index (χ3n) is 19.2. The Bertz CT molecular complexity index is 2100. The average Bonchev–Trinajstić information content (AvgIpc) is 3.63. The van der Waals surface area contributed by atoms with Crippen LogP contribution in [0.2, 0.25) is 0 Å². The lowest BCUT2D eigenvalue weighted by molar-refractivity contribution is -0.176. The number of hydrogen-bond acceptors (Lipinski definition) is 8. The van der Waals surface area contributed by atoms with E-state index in [1.54, 1.807) is 18.3 Å². The third-order valence-corrected chi connectivity index (χ3v) is 20.9. The summed E-state index contributed by atoms with van der Waals surface area (Å²) in [5, 5.41) is 35.5. The molecule has 0 spiro atoms. The number of carbonyl (C=O) groups is 1. The van der Waals surface area contributed by atoms with Gasteiger partial charge in [-0.2, -0.15) is 5.26 Å². The van der Waals surface area contributed by atoms with Crippen molar-refractivity contribution < 1.29 is 28.2 Å². The van der Waals surface area contributed by atoms with Crippen molar-refractivity contribution in [2.75, 3.05) is 19.4 Å². The van der Waals surface area contributed by atoms with Gasteiger partial charge in [-0.15, -0.1) is 0 Å². The number of rotatable bonds is 15. The molecule has 0 unspecified atom stereocenters. The van der Waals surface area contributed by atoms with E-state index in [2.05, 4.69) is 76.6 Å². The second-order valence-corrected chi connectivity index (χ2v) is 25.0. The number of aromatic nitrogens is 1. The Morgan fingerprint density at radius 1 is 1.06 bits per heavy atom. The first kappa shape index (κ1) is 47.9. The number of nitriles is 1. The number of unbranched alkanes of at least 4 members (excludes halogenated alkanes) is 1. The topological polar surface area (TPSA) is 150 Å². The van der Waals surface area contributed by atoms with Gasteiger partial charge in [0.25, 0.3) is 0 Å². The fourth-order valence-corrected chi connectivity index (χ4v) is 15.9. The fourth-order valence-electron chi connectivity index (χ4n) is 14.8. The van der Waals surface area contributed by atoms with Gasteiger partial charge in [0.15, 0.2) is 0 Å². The Hall–Kier alpha value is -3.00. The number of aliphatic hydroxyl groups is 1. The van der Waals surface area contributed by atoms with Crippen LogP contribution in [0.15, 0.2) is 53.8 Å². The predicted molar refractivity (Wildman–Crippen MR) is 251 cm³/mol. The summed E-state index contributed by atoms with van der Waals surface area (Å²) >= 11 is 0.